The molecule has 1 heterocycles. The predicted octanol–water partition coefficient (Wildman–Crippen LogP) is 6.45. The van der Waals surface area contributed by atoms with E-state index in [1.54, 1.807) is 31.4 Å². The van der Waals surface area contributed by atoms with Crippen LogP contribution in [0, 0.1) is 0 Å². The summed E-state index contributed by atoms with van der Waals surface area (Å²) in [4.78, 5) is 23.9. The van der Waals surface area contributed by atoms with Crippen molar-refractivity contribution >= 4 is 28.4 Å². The van der Waals surface area contributed by atoms with Gasteiger partial charge in [0.15, 0.2) is 0 Å². The smallest absolute Gasteiger partial charge is 0.357 e. The molecule has 38 heavy (non-hydrogen) atoms. The lowest BCUT2D eigenvalue weighted by molar-refractivity contribution is -0.137. The summed E-state index contributed by atoms with van der Waals surface area (Å²) in [6, 6.07) is 16.2. The molecule has 0 bridgehead atoms. The molecular weight excluding hydrogens is 491 g/mol. The van der Waals surface area contributed by atoms with E-state index >= 15 is 0 Å². The SMILES string of the molecule is CNc1ncc2cc(-c3cccc(C(=O)Nc4cc(C(F)(F)F)ccc4C(C)(C)CN(C)C)c3)ccc2n1. The number of fused-ring (bicyclic) bond motifs is 1. The number of nitrogens with one attached hydrogen (secondary N) is 2. The highest BCUT2D eigenvalue weighted by atomic mass is 19.4. The zero-order valence-corrected chi connectivity index (χ0v) is 21.9. The second-order valence-corrected chi connectivity index (χ2v) is 10.1. The number of alkyl halides is 3. The quantitative estimate of drug-likeness (QED) is 0.293. The number of anilines is 2. The average molecular weight is 522 g/mol. The molecule has 0 radical (unpaired) electrons. The summed E-state index contributed by atoms with van der Waals surface area (Å²) >= 11 is 0. The van der Waals surface area contributed by atoms with Gasteiger partial charge in [-0.05, 0) is 67.2 Å². The molecule has 0 aliphatic carbocycles. The third-order valence-corrected chi connectivity index (χ3v) is 6.30. The van der Waals surface area contributed by atoms with Crippen LogP contribution in [0.2, 0.25) is 0 Å². The van der Waals surface area contributed by atoms with Gasteiger partial charge in [-0.25, -0.2) is 9.97 Å². The van der Waals surface area contributed by atoms with Crippen LogP contribution in [0.1, 0.15) is 35.3 Å². The van der Waals surface area contributed by atoms with Crippen LogP contribution in [0.4, 0.5) is 24.8 Å². The average Bonchev–Trinajstić information content (AvgIpc) is 2.86. The molecule has 1 aromatic heterocycles. The number of amides is 1. The van der Waals surface area contributed by atoms with Crippen LogP contribution in [0.5, 0.6) is 0 Å². The van der Waals surface area contributed by atoms with Crippen LogP contribution in [0.15, 0.2) is 66.9 Å². The van der Waals surface area contributed by atoms with Gasteiger partial charge in [-0.3, -0.25) is 4.79 Å². The fourth-order valence-corrected chi connectivity index (χ4v) is 4.66. The molecule has 4 aromatic rings. The normalized spacial score (nSPS) is 12.1. The summed E-state index contributed by atoms with van der Waals surface area (Å²) in [5, 5.41) is 6.50. The van der Waals surface area contributed by atoms with Crippen molar-refractivity contribution in [1.82, 2.24) is 14.9 Å². The summed E-state index contributed by atoms with van der Waals surface area (Å²) < 4.78 is 40.6. The summed E-state index contributed by atoms with van der Waals surface area (Å²) in [7, 11) is 5.54. The molecule has 0 aliphatic heterocycles. The second kappa shape index (κ2) is 10.4. The Kier molecular flexibility index (Phi) is 7.42. The molecule has 6 nitrogen and oxygen atoms in total. The maximum absolute atomic E-state index is 13.5. The lowest BCUT2D eigenvalue weighted by Crippen LogP contribution is -2.33. The highest BCUT2D eigenvalue weighted by molar-refractivity contribution is 6.05. The van der Waals surface area contributed by atoms with E-state index in [1.165, 1.54) is 6.07 Å². The summed E-state index contributed by atoms with van der Waals surface area (Å²) in [5.74, 6) is 0.0301. The van der Waals surface area contributed by atoms with Crippen LogP contribution in [-0.4, -0.2) is 48.5 Å². The maximum Gasteiger partial charge on any atom is 0.416 e. The molecule has 198 valence electrons. The van der Waals surface area contributed by atoms with Gasteiger partial charge in [0.25, 0.3) is 5.91 Å². The largest absolute Gasteiger partial charge is 0.416 e. The number of carbonyl (C=O) groups excluding carboxylic acids is 1. The van der Waals surface area contributed by atoms with Gasteiger partial charge in [0.2, 0.25) is 5.95 Å². The Bertz CT molecular complexity index is 1480. The van der Waals surface area contributed by atoms with Crippen molar-refractivity contribution in [2.45, 2.75) is 25.4 Å². The van der Waals surface area contributed by atoms with Crippen molar-refractivity contribution in [3.8, 4) is 11.1 Å². The molecule has 0 unspecified atom stereocenters. The van der Waals surface area contributed by atoms with Gasteiger partial charge in [0.05, 0.1) is 11.1 Å². The number of hydrogen-bond donors (Lipinski definition) is 2. The minimum absolute atomic E-state index is 0.144. The highest BCUT2D eigenvalue weighted by Crippen LogP contribution is 2.37. The van der Waals surface area contributed by atoms with Gasteiger partial charge in [0.1, 0.15) is 0 Å². The lowest BCUT2D eigenvalue weighted by atomic mass is 9.82. The molecule has 0 saturated carbocycles. The number of likely N-dealkylation sites (N-methyl/N-ethyl adjacent to an activating group) is 1. The molecule has 0 fully saturated rings. The summed E-state index contributed by atoms with van der Waals surface area (Å²) in [6.45, 7) is 4.46. The Morgan fingerprint density at radius 1 is 0.974 bits per heavy atom. The standard InChI is InChI=1S/C29H30F3N5O/c1-28(2,17-37(4)5)23-11-10-22(29(30,31)32)15-25(23)35-26(38)20-8-6-7-18(13-20)19-9-12-24-21(14-19)16-34-27(33-3)36-24/h6-16H,17H2,1-5H3,(H,35,38)(H,33,34,36). The molecule has 9 heteroatoms. The van der Waals surface area contributed by atoms with Crippen LogP contribution in [0.25, 0.3) is 22.0 Å². The monoisotopic (exact) mass is 521 g/mol. The number of halogens is 3. The fraction of sp³-hybridized carbons (Fsp3) is 0.276. The van der Waals surface area contributed by atoms with Crippen molar-refractivity contribution in [2.24, 2.45) is 0 Å². The number of nitrogens with zero attached hydrogens (tertiary/aromatic N) is 3. The number of rotatable bonds is 7. The Hall–Kier alpha value is -3.98. The zero-order valence-electron chi connectivity index (χ0n) is 21.9. The van der Waals surface area contributed by atoms with E-state index in [9.17, 15) is 18.0 Å². The number of hydrogen-bond acceptors (Lipinski definition) is 5. The first-order valence-corrected chi connectivity index (χ1v) is 12.1. The van der Waals surface area contributed by atoms with E-state index in [1.807, 2.05) is 57.1 Å². The highest BCUT2D eigenvalue weighted by Gasteiger charge is 2.33. The van der Waals surface area contributed by atoms with E-state index in [2.05, 4.69) is 20.6 Å². The van der Waals surface area contributed by atoms with Crippen molar-refractivity contribution < 1.29 is 18.0 Å². The van der Waals surface area contributed by atoms with Crippen molar-refractivity contribution in [3.05, 3.63) is 83.6 Å². The zero-order chi connectivity index (χ0) is 27.7. The molecule has 0 spiro atoms. The first kappa shape index (κ1) is 27.1. The van der Waals surface area contributed by atoms with Gasteiger partial charge >= 0.3 is 6.18 Å². The number of benzene rings is 3. The molecule has 0 atom stereocenters. The minimum Gasteiger partial charge on any atom is -0.357 e. The summed E-state index contributed by atoms with van der Waals surface area (Å²) in [6.07, 6.45) is -2.81. The van der Waals surface area contributed by atoms with Gasteiger partial charge in [-0.1, -0.05) is 38.1 Å². The Balaban J connectivity index is 1.68. The van der Waals surface area contributed by atoms with Crippen LogP contribution in [0.3, 0.4) is 0 Å². The van der Waals surface area contributed by atoms with Crippen molar-refractivity contribution in [1.29, 1.82) is 0 Å². The molecular formula is C29H30F3N5O. The van der Waals surface area contributed by atoms with Crippen molar-refractivity contribution in [2.75, 3.05) is 38.3 Å². The van der Waals surface area contributed by atoms with Gasteiger partial charge in [0, 0.05) is 41.8 Å². The molecule has 3 aromatic carbocycles. The van der Waals surface area contributed by atoms with Crippen LogP contribution in [-0.2, 0) is 11.6 Å². The third kappa shape index (κ3) is 5.94. The maximum atomic E-state index is 13.5. The predicted molar refractivity (Wildman–Crippen MR) is 145 cm³/mol. The lowest BCUT2D eigenvalue weighted by Gasteiger charge is -2.31. The Morgan fingerprint density at radius 2 is 1.71 bits per heavy atom. The van der Waals surface area contributed by atoms with Crippen LogP contribution < -0.4 is 10.6 Å². The van der Waals surface area contributed by atoms with E-state index < -0.39 is 23.1 Å². The topological polar surface area (TPSA) is 70.2 Å². The third-order valence-electron chi connectivity index (χ3n) is 6.30. The van der Waals surface area contributed by atoms with E-state index in [4.69, 9.17) is 0 Å². The molecule has 2 N–H and O–H groups in total. The second-order valence-electron chi connectivity index (χ2n) is 10.1. The molecule has 0 aliphatic rings. The first-order valence-electron chi connectivity index (χ1n) is 12.1. The van der Waals surface area contributed by atoms with E-state index in [0.717, 1.165) is 34.2 Å². The summed E-state index contributed by atoms with van der Waals surface area (Å²) in [5.41, 5.74) is 2.19. The number of aromatic nitrogens is 2. The van der Waals surface area contributed by atoms with Gasteiger partial charge in [-0.2, -0.15) is 13.2 Å². The van der Waals surface area contributed by atoms with Gasteiger partial charge < -0.3 is 15.5 Å². The fourth-order valence-electron chi connectivity index (χ4n) is 4.66. The molecule has 1 amide bonds. The van der Waals surface area contributed by atoms with E-state index in [-0.39, 0.29) is 5.69 Å². The Morgan fingerprint density at radius 3 is 2.39 bits per heavy atom. The van der Waals surface area contributed by atoms with E-state index in [0.29, 0.717) is 23.6 Å². The van der Waals surface area contributed by atoms with Crippen LogP contribution >= 0.6 is 0 Å². The molecule has 0 saturated heterocycles. The molecule has 4 rings (SSSR count). The Labute approximate surface area is 219 Å². The number of carbonyl (C=O) groups is 1. The first-order chi connectivity index (χ1) is 17.9. The minimum atomic E-state index is -4.53. The van der Waals surface area contributed by atoms with Gasteiger partial charge in [-0.15, -0.1) is 0 Å². The van der Waals surface area contributed by atoms with Crippen molar-refractivity contribution in [3.63, 3.8) is 0 Å².